The Morgan fingerprint density at radius 1 is 1.47 bits per heavy atom. The Balaban J connectivity index is 2.25. The molecule has 3 nitrogen and oxygen atoms in total. The van der Waals surface area contributed by atoms with E-state index >= 15 is 0 Å². The second kappa shape index (κ2) is 3.98. The molecule has 17 heavy (non-hydrogen) atoms. The van der Waals surface area contributed by atoms with Gasteiger partial charge in [0.25, 0.3) is 0 Å². The molecule has 1 fully saturated rings. The fraction of sp³-hybridized carbons (Fsp3) is 0.538. The third kappa shape index (κ3) is 2.44. The zero-order valence-electron chi connectivity index (χ0n) is 10.2. The van der Waals surface area contributed by atoms with Gasteiger partial charge in [-0.3, -0.25) is 4.79 Å². The highest BCUT2D eigenvalue weighted by Gasteiger charge is 2.45. The number of carbonyl (C=O) groups is 1. The van der Waals surface area contributed by atoms with E-state index in [1.807, 2.05) is 12.1 Å². The largest absolute Gasteiger partial charge is 0.481 e. The fourth-order valence-corrected chi connectivity index (χ4v) is 2.25. The molecule has 0 radical (unpaired) electrons. The highest BCUT2D eigenvalue weighted by Crippen LogP contribution is 2.49. The minimum Gasteiger partial charge on any atom is -0.481 e. The van der Waals surface area contributed by atoms with E-state index in [0.717, 1.165) is 11.3 Å². The number of hydrogen-bond acceptors (Lipinski definition) is 2. The van der Waals surface area contributed by atoms with Crippen LogP contribution in [0, 0.1) is 5.92 Å². The van der Waals surface area contributed by atoms with Gasteiger partial charge in [0, 0.05) is 17.0 Å². The number of hydrogen-bond donors (Lipinski definition) is 1. The van der Waals surface area contributed by atoms with Crippen LogP contribution in [0.1, 0.15) is 44.4 Å². The van der Waals surface area contributed by atoms with Crippen molar-refractivity contribution in [2.45, 2.75) is 38.5 Å². The summed E-state index contributed by atoms with van der Waals surface area (Å²) < 4.78 is 0. The molecular formula is C13H16ClNO2. The second-order valence-electron chi connectivity index (χ2n) is 5.61. The predicted octanol–water partition coefficient (Wildman–Crippen LogP) is 3.22. The predicted molar refractivity (Wildman–Crippen MR) is 66.4 cm³/mol. The molecule has 0 amide bonds. The molecule has 4 heteroatoms. The molecule has 0 aliphatic heterocycles. The first-order valence-corrected chi connectivity index (χ1v) is 6.08. The van der Waals surface area contributed by atoms with Crippen LogP contribution in [-0.2, 0) is 10.2 Å². The van der Waals surface area contributed by atoms with Gasteiger partial charge in [-0.05, 0) is 18.1 Å². The zero-order valence-corrected chi connectivity index (χ0v) is 11.0. The van der Waals surface area contributed by atoms with Crippen molar-refractivity contribution in [2.24, 2.45) is 5.92 Å². The van der Waals surface area contributed by atoms with Crippen LogP contribution in [0.5, 0.6) is 0 Å². The minimum atomic E-state index is -0.744. The summed E-state index contributed by atoms with van der Waals surface area (Å²) in [6.07, 6.45) is 0.672. The summed E-state index contributed by atoms with van der Waals surface area (Å²) in [4.78, 5) is 15.2. The van der Waals surface area contributed by atoms with E-state index in [4.69, 9.17) is 16.7 Å². The standard InChI is InChI=1S/C13H16ClNO2/c1-13(2,3)10-5-4-7(11(14)15-10)8-6-9(8)12(16)17/h4-5,8-9H,6H2,1-3H3,(H,16,17). The normalized spacial score (nSPS) is 23.5. The average Bonchev–Trinajstić information content (AvgIpc) is 2.95. The Hall–Kier alpha value is -1.09. The van der Waals surface area contributed by atoms with E-state index in [-0.39, 0.29) is 17.3 Å². The van der Waals surface area contributed by atoms with Gasteiger partial charge < -0.3 is 5.11 Å². The monoisotopic (exact) mass is 253 g/mol. The molecule has 0 aromatic carbocycles. The molecule has 1 N–H and O–H groups in total. The molecule has 2 unspecified atom stereocenters. The minimum absolute atomic E-state index is 0.0431. The number of halogens is 1. The maximum Gasteiger partial charge on any atom is 0.307 e. The van der Waals surface area contributed by atoms with Gasteiger partial charge in [0.15, 0.2) is 0 Å². The van der Waals surface area contributed by atoms with E-state index in [1.165, 1.54) is 0 Å². The number of rotatable bonds is 2. The van der Waals surface area contributed by atoms with Gasteiger partial charge in [-0.25, -0.2) is 4.98 Å². The molecule has 1 aliphatic carbocycles. The lowest BCUT2D eigenvalue weighted by Crippen LogP contribution is -2.13. The molecule has 1 aromatic rings. The van der Waals surface area contributed by atoms with Crippen molar-refractivity contribution in [2.75, 3.05) is 0 Å². The average molecular weight is 254 g/mol. The summed E-state index contributed by atoms with van der Waals surface area (Å²) in [5, 5.41) is 9.35. The molecule has 2 rings (SSSR count). The summed E-state index contributed by atoms with van der Waals surface area (Å²) in [5.41, 5.74) is 1.75. The molecule has 0 spiro atoms. The van der Waals surface area contributed by atoms with E-state index in [2.05, 4.69) is 25.8 Å². The smallest absolute Gasteiger partial charge is 0.307 e. The number of carboxylic acid groups (broad SMARTS) is 1. The van der Waals surface area contributed by atoms with E-state index in [9.17, 15) is 4.79 Å². The molecule has 2 atom stereocenters. The van der Waals surface area contributed by atoms with Crippen molar-refractivity contribution in [3.63, 3.8) is 0 Å². The van der Waals surface area contributed by atoms with Crippen molar-refractivity contribution >= 4 is 17.6 Å². The van der Waals surface area contributed by atoms with Crippen LogP contribution in [0.3, 0.4) is 0 Å². The first kappa shape index (κ1) is 12.4. The van der Waals surface area contributed by atoms with Gasteiger partial charge in [0.1, 0.15) is 5.15 Å². The fourth-order valence-electron chi connectivity index (χ4n) is 1.95. The van der Waals surface area contributed by atoms with Crippen LogP contribution in [0.4, 0.5) is 0 Å². The van der Waals surface area contributed by atoms with Gasteiger partial charge in [-0.2, -0.15) is 0 Å². The lowest BCUT2D eigenvalue weighted by molar-refractivity contribution is -0.138. The molecule has 0 saturated heterocycles. The summed E-state index contributed by atoms with van der Waals surface area (Å²) >= 11 is 6.14. The van der Waals surface area contributed by atoms with Crippen LogP contribution >= 0.6 is 11.6 Å². The lowest BCUT2D eigenvalue weighted by Gasteiger charge is -2.18. The first-order chi connectivity index (χ1) is 7.80. The third-order valence-corrected chi connectivity index (χ3v) is 3.46. The summed E-state index contributed by atoms with van der Waals surface area (Å²) in [6, 6.07) is 3.86. The molecule has 1 heterocycles. The number of pyridine rings is 1. The van der Waals surface area contributed by atoms with E-state index in [0.29, 0.717) is 11.6 Å². The molecule has 1 aliphatic rings. The number of aliphatic carboxylic acids is 1. The quantitative estimate of drug-likeness (QED) is 0.824. The Bertz CT molecular complexity index is 465. The zero-order chi connectivity index (χ0) is 12.8. The maximum absolute atomic E-state index is 10.8. The van der Waals surface area contributed by atoms with Crippen LogP contribution in [0.2, 0.25) is 5.15 Å². The van der Waals surface area contributed by atoms with Crippen molar-refractivity contribution in [1.29, 1.82) is 0 Å². The van der Waals surface area contributed by atoms with Crippen LogP contribution in [0.15, 0.2) is 12.1 Å². The molecule has 1 aromatic heterocycles. The highest BCUT2D eigenvalue weighted by atomic mass is 35.5. The Labute approximate surface area is 106 Å². The molecular weight excluding hydrogens is 238 g/mol. The number of carboxylic acids is 1. The third-order valence-electron chi connectivity index (χ3n) is 3.15. The summed E-state index contributed by atoms with van der Waals surface area (Å²) in [6.45, 7) is 6.22. The van der Waals surface area contributed by atoms with Crippen molar-refractivity contribution in [3.8, 4) is 0 Å². The van der Waals surface area contributed by atoms with Crippen molar-refractivity contribution < 1.29 is 9.90 Å². The molecule has 92 valence electrons. The Morgan fingerprint density at radius 2 is 2.12 bits per heavy atom. The van der Waals surface area contributed by atoms with E-state index in [1.54, 1.807) is 0 Å². The number of nitrogens with zero attached hydrogens (tertiary/aromatic N) is 1. The Kier molecular flexibility index (Phi) is 2.90. The maximum atomic E-state index is 10.8. The van der Waals surface area contributed by atoms with Crippen LogP contribution < -0.4 is 0 Å². The number of aromatic nitrogens is 1. The van der Waals surface area contributed by atoms with Crippen molar-refractivity contribution in [3.05, 3.63) is 28.5 Å². The lowest BCUT2D eigenvalue weighted by atomic mass is 9.91. The van der Waals surface area contributed by atoms with Gasteiger partial charge in [-0.1, -0.05) is 38.4 Å². The SMILES string of the molecule is CC(C)(C)c1ccc(C2CC2C(=O)O)c(Cl)n1. The van der Waals surface area contributed by atoms with Crippen LogP contribution in [0.25, 0.3) is 0 Å². The highest BCUT2D eigenvalue weighted by molar-refractivity contribution is 6.30. The Morgan fingerprint density at radius 3 is 2.53 bits per heavy atom. The topological polar surface area (TPSA) is 50.2 Å². The van der Waals surface area contributed by atoms with Crippen molar-refractivity contribution in [1.82, 2.24) is 4.98 Å². The first-order valence-electron chi connectivity index (χ1n) is 5.70. The van der Waals surface area contributed by atoms with E-state index < -0.39 is 5.97 Å². The van der Waals surface area contributed by atoms with Gasteiger partial charge in [0.2, 0.25) is 0 Å². The van der Waals surface area contributed by atoms with Gasteiger partial charge in [-0.15, -0.1) is 0 Å². The molecule has 0 bridgehead atoms. The summed E-state index contributed by atoms with van der Waals surface area (Å²) in [7, 11) is 0. The second-order valence-corrected chi connectivity index (χ2v) is 5.97. The van der Waals surface area contributed by atoms with Gasteiger partial charge in [0.05, 0.1) is 5.92 Å². The van der Waals surface area contributed by atoms with Gasteiger partial charge >= 0.3 is 5.97 Å². The summed E-state index contributed by atoms with van der Waals surface area (Å²) in [5.74, 6) is -0.984. The van der Waals surface area contributed by atoms with Crippen LogP contribution in [-0.4, -0.2) is 16.1 Å². The molecule has 1 saturated carbocycles.